The second-order valence-electron chi connectivity index (χ2n) is 4.96. The molecule has 102 valence electrons. The van der Waals surface area contributed by atoms with Crippen LogP contribution in [0, 0.1) is 6.92 Å². The Morgan fingerprint density at radius 3 is 3.05 bits per heavy atom. The normalized spacial score (nSPS) is 13.7. The third-order valence-corrected chi connectivity index (χ3v) is 3.65. The maximum atomic E-state index is 12.3. The average Bonchev–Trinajstić information content (AvgIpc) is 2.48. The van der Waals surface area contributed by atoms with Gasteiger partial charge in [0.05, 0.1) is 5.56 Å². The molecule has 3 rings (SSSR count). The van der Waals surface area contributed by atoms with Crippen molar-refractivity contribution >= 4 is 11.6 Å². The van der Waals surface area contributed by atoms with E-state index in [9.17, 15) is 4.79 Å². The van der Waals surface area contributed by atoms with Crippen molar-refractivity contribution in [3.63, 3.8) is 0 Å². The third-order valence-electron chi connectivity index (χ3n) is 3.65. The van der Waals surface area contributed by atoms with Crippen molar-refractivity contribution < 1.29 is 4.79 Å². The number of benzene rings is 1. The smallest absolute Gasteiger partial charge is 0.257 e. The average molecular weight is 267 g/mol. The summed E-state index contributed by atoms with van der Waals surface area (Å²) in [4.78, 5) is 16.5. The molecule has 1 amide bonds. The van der Waals surface area contributed by atoms with Gasteiger partial charge in [-0.3, -0.25) is 9.78 Å². The molecule has 0 aliphatic carbocycles. The standard InChI is InChI=1S/C16H17N3O/c1-11-13(5-3-8-18-11)16(20)19-15-6-2-4-12-7-9-17-10-14(12)15/h2-6,8,17H,7,9-10H2,1H3,(H,19,20). The zero-order valence-corrected chi connectivity index (χ0v) is 11.4. The molecule has 0 spiro atoms. The van der Waals surface area contributed by atoms with Crippen molar-refractivity contribution in [1.82, 2.24) is 10.3 Å². The number of carbonyl (C=O) groups excluding carboxylic acids is 1. The van der Waals surface area contributed by atoms with Crippen LogP contribution in [0.1, 0.15) is 27.2 Å². The van der Waals surface area contributed by atoms with E-state index in [4.69, 9.17) is 0 Å². The van der Waals surface area contributed by atoms with Crippen molar-refractivity contribution in [1.29, 1.82) is 0 Å². The lowest BCUT2D eigenvalue weighted by Crippen LogP contribution is -2.25. The number of nitrogens with one attached hydrogen (secondary N) is 2. The number of amides is 1. The Kier molecular flexibility index (Phi) is 3.48. The van der Waals surface area contributed by atoms with Gasteiger partial charge >= 0.3 is 0 Å². The minimum Gasteiger partial charge on any atom is -0.322 e. The summed E-state index contributed by atoms with van der Waals surface area (Å²) in [6.45, 7) is 3.64. The molecular weight excluding hydrogens is 250 g/mol. The summed E-state index contributed by atoms with van der Waals surface area (Å²) >= 11 is 0. The van der Waals surface area contributed by atoms with Crippen LogP contribution < -0.4 is 10.6 Å². The molecule has 2 aromatic rings. The van der Waals surface area contributed by atoms with E-state index in [0.717, 1.165) is 30.9 Å². The van der Waals surface area contributed by atoms with Crippen LogP contribution in [0.4, 0.5) is 5.69 Å². The number of pyridine rings is 1. The minimum absolute atomic E-state index is 0.102. The predicted octanol–water partition coefficient (Wildman–Crippen LogP) is 2.29. The number of aryl methyl sites for hydroxylation is 1. The van der Waals surface area contributed by atoms with Gasteiger partial charge < -0.3 is 10.6 Å². The summed E-state index contributed by atoms with van der Waals surface area (Å²) in [6.07, 6.45) is 2.70. The number of carbonyl (C=O) groups is 1. The molecular formula is C16H17N3O. The van der Waals surface area contributed by atoms with E-state index in [1.54, 1.807) is 18.3 Å². The molecule has 0 saturated heterocycles. The summed E-state index contributed by atoms with van der Waals surface area (Å²) in [5.41, 5.74) is 4.75. The van der Waals surface area contributed by atoms with Crippen molar-refractivity contribution in [3.8, 4) is 0 Å². The highest BCUT2D eigenvalue weighted by Crippen LogP contribution is 2.23. The zero-order chi connectivity index (χ0) is 13.9. The molecule has 0 fully saturated rings. The Morgan fingerprint density at radius 1 is 1.30 bits per heavy atom. The van der Waals surface area contributed by atoms with Crippen LogP contribution >= 0.6 is 0 Å². The first-order valence-electron chi connectivity index (χ1n) is 6.80. The molecule has 2 heterocycles. The van der Waals surface area contributed by atoms with Crippen molar-refractivity contribution in [2.75, 3.05) is 11.9 Å². The molecule has 1 aliphatic heterocycles. The van der Waals surface area contributed by atoms with Gasteiger partial charge in [-0.2, -0.15) is 0 Å². The Hall–Kier alpha value is -2.20. The molecule has 0 saturated carbocycles. The number of fused-ring (bicyclic) bond motifs is 1. The van der Waals surface area contributed by atoms with Crippen LogP contribution in [0.15, 0.2) is 36.5 Å². The molecule has 0 unspecified atom stereocenters. The fourth-order valence-corrected chi connectivity index (χ4v) is 2.55. The Labute approximate surface area is 118 Å². The van der Waals surface area contributed by atoms with Gasteiger partial charge in [-0.1, -0.05) is 12.1 Å². The lowest BCUT2D eigenvalue weighted by atomic mass is 9.99. The highest BCUT2D eigenvalue weighted by molar-refractivity contribution is 6.05. The second kappa shape index (κ2) is 5.43. The zero-order valence-electron chi connectivity index (χ0n) is 11.4. The second-order valence-corrected chi connectivity index (χ2v) is 4.96. The van der Waals surface area contributed by atoms with Crippen LogP contribution in [-0.4, -0.2) is 17.4 Å². The van der Waals surface area contributed by atoms with Gasteiger partial charge in [0.2, 0.25) is 0 Å². The van der Waals surface area contributed by atoms with Crippen molar-refractivity contribution in [3.05, 3.63) is 58.9 Å². The van der Waals surface area contributed by atoms with Gasteiger partial charge in [0, 0.05) is 24.1 Å². The van der Waals surface area contributed by atoms with E-state index >= 15 is 0 Å². The van der Waals surface area contributed by atoms with Crippen molar-refractivity contribution in [2.45, 2.75) is 19.9 Å². The number of anilines is 1. The highest BCUT2D eigenvalue weighted by atomic mass is 16.1. The summed E-state index contributed by atoms with van der Waals surface area (Å²) < 4.78 is 0. The first-order chi connectivity index (χ1) is 9.75. The van der Waals surface area contributed by atoms with Gasteiger partial charge in [0.15, 0.2) is 0 Å². The van der Waals surface area contributed by atoms with Crippen molar-refractivity contribution in [2.24, 2.45) is 0 Å². The summed E-state index contributed by atoms with van der Waals surface area (Å²) in [5, 5.41) is 6.35. The molecule has 0 radical (unpaired) electrons. The highest BCUT2D eigenvalue weighted by Gasteiger charge is 2.15. The summed E-state index contributed by atoms with van der Waals surface area (Å²) in [6, 6.07) is 9.65. The van der Waals surface area contributed by atoms with Crippen LogP contribution in [0.5, 0.6) is 0 Å². The van der Waals surface area contributed by atoms with E-state index in [1.165, 1.54) is 11.1 Å². The number of aromatic nitrogens is 1. The largest absolute Gasteiger partial charge is 0.322 e. The van der Waals surface area contributed by atoms with E-state index < -0.39 is 0 Å². The quantitative estimate of drug-likeness (QED) is 0.877. The number of rotatable bonds is 2. The summed E-state index contributed by atoms with van der Waals surface area (Å²) in [7, 11) is 0. The number of hydrogen-bond donors (Lipinski definition) is 2. The van der Waals surface area contributed by atoms with Gasteiger partial charge in [-0.05, 0) is 49.2 Å². The maximum absolute atomic E-state index is 12.3. The van der Waals surface area contributed by atoms with E-state index in [2.05, 4.69) is 21.7 Å². The molecule has 2 N–H and O–H groups in total. The van der Waals surface area contributed by atoms with E-state index in [1.807, 2.05) is 19.1 Å². The van der Waals surface area contributed by atoms with Crippen LogP contribution in [-0.2, 0) is 13.0 Å². The van der Waals surface area contributed by atoms with Gasteiger partial charge in [-0.25, -0.2) is 0 Å². The van der Waals surface area contributed by atoms with E-state index in [0.29, 0.717) is 5.56 Å². The topological polar surface area (TPSA) is 54.0 Å². The first-order valence-corrected chi connectivity index (χ1v) is 6.80. The van der Waals surface area contributed by atoms with E-state index in [-0.39, 0.29) is 5.91 Å². The number of hydrogen-bond acceptors (Lipinski definition) is 3. The Bertz CT molecular complexity index is 652. The lowest BCUT2D eigenvalue weighted by molar-refractivity contribution is 0.102. The fraction of sp³-hybridized carbons (Fsp3) is 0.250. The first kappa shape index (κ1) is 12.8. The predicted molar refractivity (Wildman–Crippen MR) is 78.8 cm³/mol. The SMILES string of the molecule is Cc1ncccc1C(=O)Nc1cccc2c1CNCC2. The molecule has 1 aliphatic rings. The molecule has 4 heteroatoms. The van der Waals surface area contributed by atoms with Crippen LogP contribution in [0.3, 0.4) is 0 Å². The van der Waals surface area contributed by atoms with Gasteiger partial charge in [-0.15, -0.1) is 0 Å². The van der Waals surface area contributed by atoms with Gasteiger partial charge in [0.1, 0.15) is 0 Å². The Balaban J connectivity index is 1.89. The van der Waals surface area contributed by atoms with Crippen LogP contribution in [0.2, 0.25) is 0 Å². The minimum atomic E-state index is -0.102. The van der Waals surface area contributed by atoms with Crippen LogP contribution in [0.25, 0.3) is 0 Å². The summed E-state index contributed by atoms with van der Waals surface area (Å²) in [5.74, 6) is -0.102. The maximum Gasteiger partial charge on any atom is 0.257 e. The Morgan fingerprint density at radius 2 is 2.20 bits per heavy atom. The third kappa shape index (κ3) is 2.42. The number of nitrogens with zero attached hydrogens (tertiary/aromatic N) is 1. The molecule has 4 nitrogen and oxygen atoms in total. The molecule has 1 aromatic heterocycles. The molecule has 20 heavy (non-hydrogen) atoms. The van der Waals surface area contributed by atoms with Gasteiger partial charge in [0.25, 0.3) is 5.91 Å². The molecule has 1 aromatic carbocycles. The lowest BCUT2D eigenvalue weighted by Gasteiger charge is -2.20. The molecule has 0 bridgehead atoms. The molecule has 0 atom stereocenters. The monoisotopic (exact) mass is 267 g/mol. The fourth-order valence-electron chi connectivity index (χ4n) is 2.55.